The van der Waals surface area contributed by atoms with Gasteiger partial charge in [0.2, 0.25) is 0 Å². The van der Waals surface area contributed by atoms with Crippen molar-refractivity contribution in [2.24, 2.45) is 5.92 Å². The molecule has 1 amide bonds. The van der Waals surface area contributed by atoms with Gasteiger partial charge in [0.1, 0.15) is 5.82 Å². The third kappa shape index (κ3) is 3.31. The number of carbonyl (C=O) groups is 2. The van der Waals surface area contributed by atoms with E-state index in [0.29, 0.717) is 42.8 Å². The number of carbonyl (C=O) groups excluding carboxylic acids is 1. The number of nitrogens with zero attached hydrogens (tertiary/aromatic N) is 2. The molecule has 1 aromatic rings. The Morgan fingerprint density at radius 1 is 1.25 bits per heavy atom. The predicted molar refractivity (Wildman–Crippen MR) is 72.4 cm³/mol. The molecule has 6 nitrogen and oxygen atoms in total. The van der Waals surface area contributed by atoms with E-state index in [1.165, 1.54) is 6.20 Å². The fourth-order valence-electron chi connectivity index (χ4n) is 2.55. The minimum absolute atomic E-state index is 0.0406. The molecule has 1 aliphatic carbocycles. The van der Waals surface area contributed by atoms with Gasteiger partial charge in [0.25, 0.3) is 5.91 Å². The van der Waals surface area contributed by atoms with Gasteiger partial charge in [-0.2, -0.15) is 0 Å². The summed E-state index contributed by atoms with van der Waals surface area (Å²) < 4.78 is 0. The van der Waals surface area contributed by atoms with Crippen LogP contribution in [0.25, 0.3) is 0 Å². The Bertz CT molecular complexity index is 522. The van der Waals surface area contributed by atoms with E-state index in [1.54, 1.807) is 13.8 Å². The van der Waals surface area contributed by atoms with Crippen molar-refractivity contribution in [3.63, 3.8) is 0 Å². The third-order valence-electron chi connectivity index (χ3n) is 3.76. The van der Waals surface area contributed by atoms with E-state index in [2.05, 4.69) is 15.3 Å². The van der Waals surface area contributed by atoms with Gasteiger partial charge in [0, 0.05) is 12.2 Å². The average Bonchev–Trinajstić information content (AvgIpc) is 2.39. The van der Waals surface area contributed by atoms with Crippen LogP contribution in [0.5, 0.6) is 0 Å². The van der Waals surface area contributed by atoms with Crippen molar-refractivity contribution >= 4 is 11.9 Å². The quantitative estimate of drug-likeness (QED) is 0.872. The molecule has 0 aliphatic heterocycles. The zero-order chi connectivity index (χ0) is 14.7. The Balaban J connectivity index is 1.94. The minimum Gasteiger partial charge on any atom is -0.481 e. The molecule has 6 heteroatoms. The van der Waals surface area contributed by atoms with Crippen LogP contribution in [-0.4, -0.2) is 33.0 Å². The van der Waals surface area contributed by atoms with Crippen LogP contribution in [0.15, 0.2) is 6.20 Å². The van der Waals surface area contributed by atoms with E-state index in [9.17, 15) is 9.59 Å². The lowest BCUT2D eigenvalue weighted by Gasteiger charge is -2.26. The number of aryl methyl sites for hydroxylation is 2. The molecule has 0 radical (unpaired) electrons. The maximum atomic E-state index is 12.2. The smallest absolute Gasteiger partial charge is 0.306 e. The molecule has 0 atom stereocenters. The third-order valence-corrected chi connectivity index (χ3v) is 3.76. The summed E-state index contributed by atoms with van der Waals surface area (Å²) in [5.41, 5.74) is 1.14. The molecule has 0 saturated heterocycles. The van der Waals surface area contributed by atoms with Gasteiger partial charge in [-0.3, -0.25) is 9.59 Å². The lowest BCUT2D eigenvalue weighted by Crippen LogP contribution is -2.39. The standard InChI is InChI=1S/C14H19N3O3/c1-8-12(7-15-9(2)16-8)13(18)17-11-5-3-10(4-6-11)14(19)20/h7,10-11H,3-6H2,1-2H3,(H,17,18)(H,19,20). The molecule has 0 bridgehead atoms. The second-order valence-electron chi connectivity index (χ2n) is 5.28. The van der Waals surface area contributed by atoms with Gasteiger partial charge in [0.15, 0.2) is 0 Å². The molecule has 1 heterocycles. The number of hydrogen-bond donors (Lipinski definition) is 2. The van der Waals surface area contributed by atoms with Crippen molar-refractivity contribution < 1.29 is 14.7 Å². The fraction of sp³-hybridized carbons (Fsp3) is 0.571. The zero-order valence-corrected chi connectivity index (χ0v) is 11.7. The van der Waals surface area contributed by atoms with E-state index < -0.39 is 5.97 Å². The number of nitrogens with one attached hydrogen (secondary N) is 1. The van der Waals surface area contributed by atoms with E-state index in [4.69, 9.17) is 5.11 Å². The summed E-state index contributed by atoms with van der Waals surface area (Å²) >= 11 is 0. The SMILES string of the molecule is Cc1ncc(C(=O)NC2CCC(C(=O)O)CC2)c(C)n1. The summed E-state index contributed by atoms with van der Waals surface area (Å²) in [4.78, 5) is 31.2. The summed E-state index contributed by atoms with van der Waals surface area (Å²) in [6.45, 7) is 3.56. The first-order chi connectivity index (χ1) is 9.47. The number of aliphatic carboxylic acids is 1. The molecule has 0 unspecified atom stereocenters. The highest BCUT2D eigenvalue weighted by atomic mass is 16.4. The van der Waals surface area contributed by atoms with Crippen molar-refractivity contribution in [3.8, 4) is 0 Å². The van der Waals surface area contributed by atoms with Crippen LogP contribution in [0.3, 0.4) is 0 Å². The van der Waals surface area contributed by atoms with Gasteiger partial charge in [-0.1, -0.05) is 0 Å². The van der Waals surface area contributed by atoms with E-state index in [-0.39, 0.29) is 17.9 Å². The molecule has 1 aromatic heterocycles. The Morgan fingerprint density at radius 3 is 2.45 bits per heavy atom. The van der Waals surface area contributed by atoms with E-state index in [1.807, 2.05) is 0 Å². The number of hydrogen-bond acceptors (Lipinski definition) is 4. The molecule has 0 spiro atoms. The lowest BCUT2D eigenvalue weighted by molar-refractivity contribution is -0.142. The second kappa shape index (κ2) is 5.98. The Hall–Kier alpha value is -1.98. The summed E-state index contributed by atoms with van der Waals surface area (Å²) in [6, 6.07) is 0.0406. The normalized spacial score (nSPS) is 22.3. The second-order valence-corrected chi connectivity index (χ2v) is 5.28. The molecule has 0 aromatic carbocycles. The van der Waals surface area contributed by atoms with Crippen LogP contribution in [0.2, 0.25) is 0 Å². The van der Waals surface area contributed by atoms with Gasteiger partial charge in [-0.15, -0.1) is 0 Å². The van der Waals surface area contributed by atoms with Crippen molar-refractivity contribution in [1.82, 2.24) is 15.3 Å². The van der Waals surface area contributed by atoms with Gasteiger partial charge < -0.3 is 10.4 Å². The summed E-state index contributed by atoms with van der Waals surface area (Å²) in [5.74, 6) is -0.549. The van der Waals surface area contributed by atoms with Crippen molar-refractivity contribution in [3.05, 3.63) is 23.3 Å². The zero-order valence-electron chi connectivity index (χ0n) is 11.7. The van der Waals surface area contributed by atoms with Crippen LogP contribution in [-0.2, 0) is 4.79 Å². The average molecular weight is 277 g/mol. The van der Waals surface area contributed by atoms with Gasteiger partial charge >= 0.3 is 5.97 Å². The van der Waals surface area contributed by atoms with E-state index in [0.717, 1.165) is 0 Å². The maximum absolute atomic E-state index is 12.2. The minimum atomic E-state index is -0.738. The molecule has 2 N–H and O–H groups in total. The first kappa shape index (κ1) is 14.4. The summed E-state index contributed by atoms with van der Waals surface area (Å²) in [6.07, 6.45) is 4.17. The fourth-order valence-corrected chi connectivity index (χ4v) is 2.55. The summed E-state index contributed by atoms with van der Waals surface area (Å²) in [5, 5.41) is 11.9. The van der Waals surface area contributed by atoms with Gasteiger partial charge in [-0.25, -0.2) is 9.97 Å². The highest BCUT2D eigenvalue weighted by molar-refractivity contribution is 5.95. The number of carboxylic acid groups (broad SMARTS) is 1. The number of carboxylic acids is 1. The molecule has 2 rings (SSSR count). The first-order valence-corrected chi connectivity index (χ1v) is 6.81. The number of amides is 1. The Labute approximate surface area is 117 Å². The Morgan fingerprint density at radius 2 is 1.90 bits per heavy atom. The molecule has 20 heavy (non-hydrogen) atoms. The molecule has 1 fully saturated rings. The van der Waals surface area contributed by atoms with Gasteiger partial charge in [-0.05, 0) is 39.5 Å². The van der Waals surface area contributed by atoms with Crippen LogP contribution < -0.4 is 5.32 Å². The monoisotopic (exact) mass is 277 g/mol. The largest absolute Gasteiger partial charge is 0.481 e. The number of aromatic nitrogens is 2. The molecule has 108 valence electrons. The van der Waals surface area contributed by atoms with Crippen LogP contribution in [0.1, 0.15) is 47.6 Å². The van der Waals surface area contributed by atoms with Crippen molar-refractivity contribution in [2.45, 2.75) is 45.6 Å². The van der Waals surface area contributed by atoms with Crippen LogP contribution >= 0.6 is 0 Å². The first-order valence-electron chi connectivity index (χ1n) is 6.81. The van der Waals surface area contributed by atoms with Crippen LogP contribution in [0.4, 0.5) is 0 Å². The lowest BCUT2D eigenvalue weighted by atomic mass is 9.86. The number of rotatable bonds is 3. The summed E-state index contributed by atoms with van der Waals surface area (Å²) in [7, 11) is 0. The maximum Gasteiger partial charge on any atom is 0.306 e. The predicted octanol–water partition coefficient (Wildman–Crippen LogP) is 1.47. The molecular formula is C14H19N3O3. The Kier molecular flexibility index (Phi) is 4.32. The molecule has 1 saturated carbocycles. The highest BCUT2D eigenvalue weighted by Crippen LogP contribution is 2.24. The van der Waals surface area contributed by atoms with E-state index >= 15 is 0 Å². The molecule has 1 aliphatic rings. The topological polar surface area (TPSA) is 92.2 Å². The van der Waals surface area contributed by atoms with Crippen LogP contribution in [0, 0.1) is 19.8 Å². The van der Waals surface area contributed by atoms with Crippen molar-refractivity contribution in [1.29, 1.82) is 0 Å². The van der Waals surface area contributed by atoms with Gasteiger partial charge in [0.05, 0.1) is 17.2 Å². The van der Waals surface area contributed by atoms with Crippen molar-refractivity contribution in [2.75, 3.05) is 0 Å². The highest BCUT2D eigenvalue weighted by Gasteiger charge is 2.27. The molecular weight excluding hydrogens is 258 g/mol.